The number of rotatable bonds is 4. The first-order valence-electron chi connectivity index (χ1n) is 7.04. The lowest BCUT2D eigenvalue weighted by Crippen LogP contribution is -2.46. The van der Waals surface area contributed by atoms with Gasteiger partial charge in [0.25, 0.3) is 0 Å². The molecular weight excluding hydrogens is 295 g/mol. The molecule has 1 aromatic rings. The van der Waals surface area contributed by atoms with Crippen molar-refractivity contribution in [3.8, 4) is 0 Å². The number of hydrogen-bond donors (Lipinski definition) is 0. The Morgan fingerprint density at radius 3 is 2.25 bits per heavy atom. The van der Waals surface area contributed by atoms with E-state index in [0.29, 0.717) is 0 Å². The van der Waals surface area contributed by atoms with Crippen LogP contribution in [0.5, 0.6) is 0 Å². The third-order valence-corrected chi connectivity index (χ3v) is 3.50. The Morgan fingerprint density at radius 1 is 1.05 bits per heavy atom. The highest BCUT2D eigenvalue weighted by Gasteiger charge is 2.17. The summed E-state index contributed by atoms with van der Waals surface area (Å²) in [6, 6.07) is 2.11. The van der Waals surface area contributed by atoms with E-state index in [1.807, 2.05) is 0 Å². The molecule has 0 aliphatic carbocycles. The van der Waals surface area contributed by atoms with E-state index in [1.54, 1.807) is 0 Å². The lowest BCUT2D eigenvalue weighted by molar-refractivity contribution is 0.270. The SMILES string of the molecule is CCCc1nc(C)cc(N2CCN(CC)CC2)n1.Cl.Cl. The van der Waals surface area contributed by atoms with Gasteiger partial charge in [-0.15, -0.1) is 24.8 Å². The number of likely N-dealkylation sites (N-methyl/N-ethyl adjacent to an activating group) is 1. The van der Waals surface area contributed by atoms with Gasteiger partial charge in [-0.3, -0.25) is 0 Å². The molecule has 0 amide bonds. The molecule has 2 heterocycles. The van der Waals surface area contributed by atoms with Gasteiger partial charge in [0.15, 0.2) is 0 Å². The van der Waals surface area contributed by atoms with Crippen LogP contribution in [0.15, 0.2) is 6.07 Å². The van der Waals surface area contributed by atoms with Gasteiger partial charge in [0.1, 0.15) is 11.6 Å². The highest BCUT2D eigenvalue weighted by molar-refractivity contribution is 5.85. The van der Waals surface area contributed by atoms with Gasteiger partial charge in [0.05, 0.1) is 0 Å². The van der Waals surface area contributed by atoms with E-state index >= 15 is 0 Å². The second-order valence-electron chi connectivity index (χ2n) is 4.96. The molecule has 2 rings (SSSR count). The molecule has 0 radical (unpaired) electrons. The summed E-state index contributed by atoms with van der Waals surface area (Å²) in [4.78, 5) is 14.1. The maximum Gasteiger partial charge on any atom is 0.132 e. The van der Waals surface area contributed by atoms with Gasteiger partial charge >= 0.3 is 0 Å². The van der Waals surface area contributed by atoms with Gasteiger partial charge in [-0.25, -0.2) is 9.97 Å². The molecular formula is C14H26Cl2N4. The first kappa shape index (κ1) is 19.4. The Kier molecular flexibility index (Phi) is 9.10. The van der Waals surface area contributed by atoms with Gasteiger partial charge in [0, 0.05) is 44.4 Å². The van der Waals surface area contributed by atoms with E-state index in [9.17, 15) is 0 Å². The molecule has 1 saturated heterocycles. The summed E-state index contributed by atoms with van der Waals surface area (Å²) < 4.78 is 0. The predicted molar refractivity (Wildman–Crippen MR) is 89.6 cm³/mol. The fraction of sp³-hybridized carbons (Fsp3) is 0.714. The molecule has 0 bridgehead atoms. The second-order valence-corrected chi connectivity index (χ2v) is 4.96. The number of nitrogens with zero attached hydrogens (tertiary/aromatic N) is 4. The van der Waals surface area contributed by atoms with Gasteiger partial charge in [0.2, 0.25) is 0 Å². The summed E-state index contributed by atoms with van der Waals surface area (Å²) >= 11 is 0. The van der Waals surface area contributed by atoms with E-state index in [2.05, 4.69) is 41.6 Å². The molecule has 0 N–H and O–H groups in total. The standard InChI is InChI=1S/C14H24N4.2ClH/c1-4-6-13-15-12(3)11-14(16-13)18-9-7-17(5-2)8-10-18;;/h11H,4-10H2,1-3H3;2*1H. The van der Waals surface area contributed by atoms with Crippen molar-refractivity contribution in [2.45, 2.75) is 33.6 Å². The third kappa shape index (κ3) is 5.08. The summed E-state index contributed by atoms with van der Waals surface area (Å²) in [5, 5.41) is 0. The van der Waals surface area contributed by atoms with E-state index in [-0.39, 0.29) is 24.8 Å². The fourth-order valence-corrected chi connectivity index (χ4v) is 2.40. The average molecular weight is 321 g/mol. The van der Waals surface area contributed by atoms with Crippen LogP contribution in [0.3, 0.4) is 0 Å². The topological polar surface area (TPSA) is 32.3 Å². The normalized spacial score (nSPS) is 15.4. The number of halogens is 2. The molecule has 0 saturated carbocycles. The first-order valence-corrected chi connectivity index (χ1v) is 7.04. The summed E-state index contributed by atoms with van der Waals surface area (Å²) in [5.74, 6) is 2.10. The van der Waals surface area contributed by atoms with Crippen molar-refractivity contribution in [3.05, 3.63) is 17.6 Å². The smallest absolute Gasteiger partial charge is 0.132 e. The van der Waals surface area contributed by atoms with Crippen molar-refractivity contribution in [2.75, 3.05) is 37.6 Å². The largest absolute Gasteiger partial charge is 0.354 e. The Balaban J connectivity index is 0.00000180. The molecule has 20 heavy (non-hydrogen) atoms. The summed E-state index contributed by atoms with van der Waals surface area (Å²) in [6.07, 6.45) is 2.08. The van der Waals surface area contributed by atoms with Crippen LogP contribution in [-0.4, -0.2) is 47.6 Å². The second kappa shape index (κ2) is 9.37. The number of anilines is 1. The Bertz CT molecular complexity index is 393. The molecule has 0 atom stereocenters. The van der Waals surface area contributed by atoms with Crippen molar-refractivity contribution >= 4 is 30.6 Å². The zero-order valence-corrected chi connectivity index (χ0v) is 14.3. The third-order valence-electron chi connectivity index (χ3n) is 3.50. The van der Waals surface area contributed by atoms with Crippen LogP contribution in [0.4, 0.5) is 5.82 Å². The zero-order chi connectivity index (χ0) is 13.0. The number of aryl methyl sites for hydroxylation is 2. The quantitative estimate of drug-likeness (QED) is 0.853. The molecule has 1 aromatic heterocycles. The van der Waals surface area contributed by atoms with Gasteiger partial charge in [-0.2, -0.15) is 0 Å². The maximum absolute atomic E-state index is 4.69. The first-order chi connectivity index (χ1) is 8.72. The van der Waals surface area contributed by atoms with Crippen molar-refractivity contribution in [1.82, 2.24) is 14.9 Å². The minimum absolute atomic E-state index is 0. The summed E-state index contributed by atoms with van der Waals surface area (Å²) in [5.41, 5.74) is 1.08. The molecule has 4 nitrogen and oxygen atoms in total. The Labute approximate surface area is 134 Å². The highest BCUT2D eigenvalue weighted by atomic mass is 35.5. The average Bonchev–Trinajstić information content (AvgIpc) is 2.38. The van der Waals surface area contributed by atoms with E-state index in [0.717, 1.165) is 62.9 Å². The predicted octanol–water partition coefficient (Wildman–Crippen LogP) is 2.72. The van der Waals surface area contributed by atoms with Crippen LogP contribution in [0.2, 0.25) is 0 Å². The van der Waals surface area contributed by atoms with E-state index in [4.69, 9.17) is 4.98 Å². The summed E-state index contributed by atoms with van der Waals surface area (Å²) in [6.45, 7) is 12.1. The van der Waals surface area contributed by atoms with Crippen LogP contribution in [-0.2, 0) is 6.42 Å². The number of piperazine rings is 1. The lowest BCUT2D eigenvalue weighted by atomic mass is 10.2. The lowest BCUT2D eigenvalue weighted by Gasteiger charge is -2.34. The number of hydrogen-bond acceptors (Lipinski definition) is 4. The van der Waals surface area contributed by atoms with Crippen LogP contribution >= 0.6 is 24.8 Å². The van der Waals surface area contributed by atoms with Crippen LogP contribution in [0.25, 0.3) is 0 Å². The van der Waals surface area contributed by atoms with Crippen LogP contribution < -0.4 is 4.90 Å². The molecule has 1 aliphatic rings. The van der Waals surface area contributed by atoms with Gasteiger partial charge in [-0.05, 0) is 19.9 Å². The number of aromatic nitrogens is 2. The zero-order valence-electron chi connectivity index (χ0n) is 12.6. The van der Waals surface area contributed by atoms with Gasteiger partial charge in [-0.1, -0.05) is 13.8 Å². The molecule has 0 unspecified atom stereocenters. The van der Waals surface area contributed by atoms with Crippen LogP contribution in [0.1, 0.15) is 31.8 Å². The van der Waals surface area contributed by atoms with E-state index in [1.165, 1.54) is 0 Å². The van der Waals surface area contributed by atoms with Crippen molar-refractivity contribution in [1.29, 1.82) is 0 Å². The molecule has 1 fully saturated rings. The molecule has 1 aliphatic heterocycles. The molecule has 0 aromatic carbocycles. The molecule has 116 valence electrons. The van der Waals surface area contributed by atoms with Crippen molar-refractivity contribution < 1.29 is 0 Å². The monoisotopic (exact) mass is 320 g/mol. The molecule has 0 spiro atoms. The minimum Gasteiger partial charge on any atom is -0.354 e. The Morgan fingerprint density at radius 2 is 1.70 bits per heavy atom. The fourth-order valence-electron chi connectivity index (χ4n) is 2.40. The van der Waals surface area contributed by atoms with Gasteiger partial charge < -0.3 is 9.80 Å². The van der Waals surface area contributed by atoms with Crippen molar-refractivity contribution in [2.24, 2.45) is 0 Å². The molecule has 6 heteroatoms. The summed E-state index contributed by atoms with van der Waals surface area (Å²) in [7, 11) is 0. The minimum atomic E-state index is 0. The van der Waals surface area contributed by atoms with Crippen molar-refractivity contribution in [3.63, 3.8) is 0 Å². The Hall–Kier alpha value is -0.580. The van der Waals surface area contributed by atoms with Crippen LogP contribution in [0, 0.1) is 6.92 Å². The highest BCUT2D eigenvalue weighted by Crippen LogP contribution is 2.15. The van der Waals surface area contributed by atoms with E-state index < -0.39 is 0 Å². The maximum atomic E-state index is 4.69.